The van der Waals surface area contributed by atoms with Crippen LogP contribution in [0.2, 0.25) is 0 Å². The SMILES string of the molecule is c1ccc(-n2c3ccccc3c3cc(-c4nc(-c5ccc(-n6c7ccccc7c7cc8ccccc8cc76)c6ccccc56)c5sc6ccccc6c5n4)ccc32)cc1. The molecule has 0 aliphatic heterocycles. The summed E-state index contributed by atoms with van der Waals surface area (Å²) in [4.78, 5) is 10.9. The van der Waals surface area contributed by atoms with Crippen LogP contribution in [0.3, 0.4) is 0 Å². The molecule has 59 heavy (non-hydrogen) atoms. The Hall–Kier alpha value is -7.60. The van der Waals surface area contributed by atoms with Gasteiger partial charge in [0, 0.05) is 53.8 Å². The summed E-state index contributed by atoms with van der Waals surface area (Å²) in [5.74, 6) is 0.719. The first-order chi connectivity index (χ1) is 29.3. The van der Waals surface area contributed by atoms with Crippen LogP contribution < -0.4 is 0 Å². The standard InChI is InChI=1S/C54H32N4S/c1-2-16-36(17-3-1)57-45-23-11-8-20-39(45)43-31-35(26-28-48(43)57)54-55-51(53-52(56-54)42-22-10-13-25-50(42)59-53)41-27-29-47(38-19-7-6-18-37(38)41)58-46-24-12-9-21-40(46)44-30-33-14-4-5-15-34(33)32-49(44)58/h1-32H. The largest absolute Gasteiger partial charge is 0.309 e. The Labute approximate surface area is 342 Å². The van der Waals surface area contributed by atoms with Gasteiger partial charge in [0.15, 0.2) is 5.82 Å². The molecule has 0 bridgehead atoms. The first kappa shape index (κ1) is 32.5. The highest BCUT2D eigenvalue weighted by molar-refractivity contribution is 7.26. The molecule has 0 atom stereocenters. The van der Waals surface area contributed by atoms with E-state index >= 15 is 0 Å². The van der Waals surface area contributed by atoms with Crippen LogP contribution in [0.4, 0.5) is 0 Å². The fourth-order valence-electron chi connectivity index (χ4n) is 9.47. The molecular formula is C54H32N4S. The zero-order valence-electron chi connectivity index (χ0n) is 31.7. The maximum atomic E-state index is 5.55. The molecule has 9 aromatic carbocycles. The van der Waals surface area contributed by atoms with Gasteiger partial charge in [-0.1, -0.05) is 127 Å². The van der Waals surface area contributed by atoms with Gasteiger partial charge in [-0.25, -0.2) is 9.97 Å². The molecule has 274 valence electrons. The van der Waals surface area contributed by atoms with Crippen molar-refractivity contribution in [3.8, 4) is 34.0 Å². The number of aromatic nitrogens is 4. The van der Waals surface area contributed by atoms with E-state index < -0.39 is 0 Å². The number of rotatable bonds is 4. The van der Waals surface area contributed by atoms with Crippen molar-refractivity contribution in [1.29, 1.82) is 0 Å². The molecule has 5 heteroatoms. The molecule has 13 rings (SSSR count). The Bertz CT molecular complexity index is 3850. The highest BCUT2D eigenvalue weighted by Gasteiger charge is 2.22. The van der Waals surface area contributed by atoms with E-state index in [4.69, 9.17) is 9.97 Å². The number of hydrogen-bond acceptors (Lipinski definition) is 3. The summed E-state index contributed by atoms with van der Waals surface area (Å²) in [6.07, 6.45) is 0. The van der Waals surface area contributed by atoms with E-state index in [1.54, 1.807) is 11.3 Å². The Morgan fingerprint density at radius 3 is 1.80 bits per heavy atom. The van der Waals surface area contributed by atoms with Gasteiger partial charge in [0.1, 0.15) is 0 Å². The van der Waals surface area contributed by atoms with Crippen LogP contribution in [0.5, 0.6) is 0 Å². The third-order valence-electron chi connectivity index (χ3n) is 12.1. The molecule has 0 aliphatic rings. The van der Waals surface area contributed by atoms with Crippen molar-refractivity contribution in [3.05, 3.63) is 194 Å². The molecule has 0 N–H and O–H groups in total. The summed E-state index contributed by atoms with van der Waals surface area (Å²) in [6.45, 7) is 0. The minimum Gasteiger partial charge on any atom is -0.309 e. The quantitative estimate of drug-likeness (QED) is 0.179. The second-order valence-corrected chi connectivity index (χ2v) is 16.4. The normalized spacial score (nSPS) is 12.1. The van der Waals surface area contributed by atoms with Crippen LogP contribution in [-0.4, -0.2) is 19.1 Å². The van der Waals surface area contributed by atoms with E-state index in [9.17, 15) is 0 Å². The molecule has 0 spiro atoms. The zero-order chi connectivity index (χ0) is 38.6. The maximum absolute atomic E-state index is 5.55. The van der Waals surface area contributed by atoms with Crippen LogP contribution in [0.1, 0.15) is 0 Å². The highest BCUT2D eigenvalue weighted by Crippen LogP contribution is 2.44. The number of nitrogens with zero attached hydrogens (tertiary/aromatic N) is 4. The van der Waals surface area contributed by atoms with E-state index in [0.29, 0.717) is 0 Å². The van der Waals surface area contributed by atoms with E-state index in [1.165, 1.54) is 59.0 Å². The molecule has 0 saturated heterocycles. The molecule has 0 radical (unpaired) electrons. The minimum absolute atomic E-state index is 0.719. The van der Waals surface area contributed by atoms with Crippen molar-refractivity contribution >= 4 is 96.8 Å². The van der Waals surface area contributed by atoms with Crippen molar-refractivity contribution in [2.45, 2.75) is 0 Å². The van der Waals surface area contributed by atoms with E-state index in [2.05, 4.69) is 203 Å². The molecule has 0 amide bonds. The van der Waals surface area contributed by atoms with Gasteiger partial charge in [-0.05, 0) is 82.9 Å². The van der Waals surface area contributed by atoms with Gasteiger partial charge in [-0.3, -0.25) is 0 Å². The van der Waals surface area contributed by atoms with Gasteiger partial charge in [-0.2, -0.15) is 0 Å². The fraction of sp³-hybridized carbons (Fsp3) is 0. The number of hydrogen-bond donors (Lipinski definition) is 0. The van der Waals surface area contributed by atoms with Gasteiger partial charge in [-0.15, -0.1) is 11.3 Å². The van der Waals surface area contributed by atoms with Crippen molar-refractivity contribution in [3.63, 3.8) is 0 Å². The molecule has 13 aromatic rings. The first-order valence-electron chi connectivity index (χ1n) is 20.0. The van der Waals surface area contributed by atoms with Gasteiger partial charge in [0.25, 0.3) is 0 Å². The van der Waals surface area contributed by atoms with Crippen molar-refractivity contribution in [2.75, 3.05) is 0 Å². The smallest absolute Gasteiger partial charge is 0.160 e. The lowest BCUT2D eigenvalue weighted by atomic mass is 9.99. The first-order valence-corrected chi connectivity index (χ1v) is 20.8. The van der Waals surface area contributed by atoms with Crippen molar-refractivity contribution in [2.24, 2.45) is 0 Å². The fourth-order valence-corrected chi connectivity index (χ4v) is 10.6. The zero-order valence-corrected chi connectivity index (χ0v) is 32.5. The Morgan fingerprint density at radius 1 is 0.390 bits per heavy atom. The lowest BCUT2D eigenvalue weighted by Gasteiger charge is -2.15. The predicted octanol–water partition coefficient (Wildman–Crippen LogP) is 14.7. The van der Waals surface area contributed by atoms with E-state index in [0.717, 1.165) is 60.5 Å². The second-order valence-electron chi connectivity index (χ2n) is 15.3. The summed E-state index contributed by atoms with van der Waals surface area (Å²) in [6, 6.07) is 70.1. The minimum atomic E-state index is 0.719. The maximum Gasteiger partial charge on any atom is 0.160 e. The molecule has 0 fully saturated rings. The molecule has 4 heterocycles. The van der Waals surface area contributed by atoms with Crippen molar-refractivity contribution in [1.82, 2.24) is 19.1 Å². The van der Waals surface area contributed by atoms with Crippen LogP contribution in [0.25, 0.3) is 119 Å². The predicted molar refractivity (Wildman–Crippen MR) is 249 cm³/mol. The van der Waals surface area contributed by atoms with Gasteiger partial charge < -0.3 is 9.13 Å². The lowest BCUT2D eigenvalue weighted by Crippen LogP contribution is -1.98. The highest BCUT2D eigenvalue weighted by atomic mass is 32.1. The third kappa shape index (κ3) is 4.77. The van der Waals surface area contributed by atoms with Gasteiger partial charge in [0.2, 0.25) is 0 Å². The van der Waals surface area contributed by atoms with Crippen LogP contribution in [0, 0.1) is 0 Å². The van der Waals surface area contributed by atoms with Crippen LogP contribution >= 0.6 is 11.3 Å². The number of benzene rings is 9. The average molecular weight is 769 g/mol. The van der Waals surface area contributed by atoms with Crippen molar-refractivity contribution < 1.29 is 0 Å². The Morgan fingerprint density at radius 2 is 1.00 bits per heavy atom. The van der Waals surface area contributed by atoms with Crippen LogP contribution in [-0.2, 0) is 0 Å². The Kier molecular flexibility index (Phi) is 6.85. The summed E-state index contributed by atoms with van der Waals surface area (Å²) in [5.41, 5.74) is 11.0. The summed E-state index contributed by atoms with van der Waals surface area (Å²) >= 11 is 1.77. The van der Waals surface area contributed by atoms with E-state index in [1.807, 2.05) is 0 Å². The van der Waals surface area contributed by atoms with Gasteiger partial charge in [0.05, 0.1) is 43.7 Å². The summed E-state index contributed by atoms with van der Waals surface area (Å²) in [5, 5.41) is 10.8. The van der Waals surface area contributed by atoms with Gasteiger partial charge >= 0.3 is 0 Å². The lowest BCUT2D eigenvalue weighted by molar-refractivity contribution is 1.18. The molecule has 0 unspecified atom stereocenters. The number of fused-ring (bicyclic) bond motifs is 11. The molecule has 4 aromatic heterocycles. The van der Waals surface area contributed by atoms with Crippen LogP contribution in [0.15, 0.2) is 194 Å². The average Bonchev–Trinajstić information content (AvgIpc) is 3.95. The molecule has 0 saturated carbocycles. The molecular weight excluding hydrogens is 737 g/mol. The molecule has 4 nitrogen and oxygen atoms in total. The van der Waals surface area contributed by atoms with E-state index in [-0.39, 0.29) is 0 Å². The molecule has 0 aliphatic carbocycles. The second kappa shape index (κ2) is 12.4. The Balaban J connectivity index is 1.07. The topological polar surface area (TPSA) is 35.6 Å². The number of para-hydroxylation sites is 3. The monoisotopic (exact) mass is 768 g/mol. The summed E-state index contributed by atoms with van der Waals surface area (Å²) in [7, 11) is 0. The number of thiophene rings is 1. The third-order valence-corrected chi connectivity index (χ3v) is 13.3. The summed E-state index contributed by atoms with van der Waals surface area (Å²) < 4.78 is 7.10.